The molecule has 0 aliphatic heterocycles. The lowest BCUT2D eigenvalue weighted by atomic mass is 10.2. The zero-order chi connectivity index (χ0) is 9.42. The van der Waals surface area contributed by atoms with Crippen LogP contribution in [0.25, 0.3) is 11.1 Å². The van der Waals surface area contributed by atoms with Gasteiger partial charge in [-0.25, -0.2) is 0 Å². The van der Waals surface area contributed by atoms with Crippen molar-refractivity contribution in [1.82, 2.24) is 4.98 Å². The van der Waals surface area contributed by atoms with Gasteiger partial charge in [0.25, 0.3) is 4.84 Å². The average Bonchev–Trinajstić information content (AvgIpc) is 2.42. The number of oxazole rings is 1. The van der Waals surface area contributed by atoms with Gasteiger partial charge in [-0.05, 0) is 36.0 Å². The number of H-pyrrole nitrogens is 1. The molecule has 2 aromatic rings. The molecule has 0 amide bonds. The number of carboxylic acid groups (broad SMARTS) is 1. The van der Waals surface area contributed by atoms with E-state index in [-0.39, 0.29) is 10.4 Å². The molecule has 0 unspecified atom stereocenters. The first kappa shape index (κ1) is 8.00. The molecule has 0 saturated heterocycles. The van der Waals surface area contributed by atoms with Gasteiger partial charge in [-0.3, -0.25) is 0 Å². The lowest BCUT2D eigenvalue weighted by Crippen LogP contribution is -2.21. The number of aromatic nitrogens is 1. The predicted octanol–water partition coefficient (Wildman–Crippen LogP) is 0.854. The SMILES string of the molecule is O=C([O-])c1ccc2oc(=S)[nH]c2c1. The van der Waals surface area contributed by atoms with E-state index in [1.165, 1.54) is 18.2 Å². The van der Waals surface area contributed by atoms with E-state index < -0.39 is 5.97 Å². The third-order valence-electron chi connectivity index (χ3n) is 1.65. The first-order chi connectivity index (χ1) is 6.16. The van der Waals surface area contributed by atoms with E-state index in [2.05, 4.69) is 4.98 Å². The number of aromatic carboxylic acids is 1. The maximum atomic E-state index is 10.5. The summed E-state index contributed by atoms with van der Waals surface area (Å²) in [5, 5.41) is 10.5. The van der Waals surface area contributed by atoms with Gasteiger partial charge in [0.1, 0.15) is 0 Å². The van der Waals surface area contributed by atoms with Gasteiger partial charge in [0.15, 0.2) is 5.58 Å². The van der Waals surface area contributed by atoms with Crippen molar-refractivity contribution < 1.29 is 14.3 Å². The first-order valence-corrected chi connectivity index (χ1v) is 3.92. The Morgan fingerprint density at radius 2 is 2.31 bits per heavy atom. The molecule has 5 heteroatoms. The maximum absolute atomic E-state index is 10.5. The second kappa shape index (κ2) is 2.70. The Bertz CT molecular complexity index is 525. The van der Waals surface area contributed by atoms with Crippen molar-refractivity contribution >= 4 is 29.3 Å². The van der Waals surface area contributed by atoms with E-state index in [1.54, 1.807) is 0 Å². The fourth-order valence-electron chi connectivity index (χ4n) is 1.08. The minimum Gasteiger partial charge on any atom is -0.545 e. The number of hydrogen-bond acceptors (Lipinski definition) is 4. The number of benzene rings is 1. The molecule has 0 spiro atoms. The normalized spacial score (nSPS) is 10.5. The molecule has 0 aliphatic carbocycles. The van der Waals surface area contributed by atoms with E-state index in [1.807, 2.05) is 0 Å². The van der Waals surface area contributed by atoms with Crippen LogP contribution in [0.5, 0.6) is 0 Å². The number of nitrogens with one attached hydrogen (secondary N) is 1. The number of hydrogen-bond donors (Lipinski definition) is 1. The van der Waals surface area contributed by atoms with Gasteiger partial charge in [-0.15, -0.1) is 0 Å². The van der Waals surface area contributed by atoms with Gasteiger partial charge in [0.05, 0.1) is 11.5 Å². The van der Waals surface area contributed by atoms with E-state index >= 15 is 0 Å². The van der Waals surface area contributed by atoms with Crippen LogP contribution >= 0.6 is 12.2 Å². The topological polar surface area (TPSA) is 69.1 Å². The van der Waals surface area contributed by atoms with E-state index in [0.717, 1.165) is 0 Å². The van der Waals surface area contributed by atoms with Gasteiger partial charge in [0, 0.05) is 0 Å². The number of carbonyl (C=O) groups is 1. The van der Waals surface area contributed by atoms with Crippen LogP contribution in [0.1, 0.15) is 10.4 Å². The Kier molecular flexibility index (Phi) is 1.66. The molecule has 1 aromatic carbocycles. The standard InChI is InChI=1S/C8H5NO3S/c10-7(11)4-1-2-6-5(3-4)9-8(13)12-6/h1-3H,(H,9,13)(H,10,11)/p-1. The van der Waals surface area contributed by atoms with Crippen molar-refractivity contribution in [1.29, 1.82) is 0 Å². The Hall–Kier alpha value is -1.62. The largest absolute Gasteiger partial charge is 0.545 e. The number of rotatable bonds is 1. The van der Waals surface area contributed by atoms with Crippen LogP contribution in [-0.2, 0) is 0 Å². The summed E-state index contributed by atoms with van der Waals surface area (Å²) in [6.45, 7) is 0. The molecule has 1 heterocycles. The highest BCUT2D eigenvalue weighted by molar-refractivity contribution is 7.71. The van der Waals surface area contributed by atoms with Gasteiger partial charge < -0.3 is 19.3 Å². The Morgan fingerprint density at radius 1 is 1.54 bits per heavy atom. The van der Waals surface area contributed by atoms with Crippen molar-refractivity contribution in [3.63, 3.8) is 0 Å². The molecule has 4 nitrogen and oxygen atoms in total. The quantitative estimate of drug-likeness (QED) is 0.683. The lowest BCUT2D eigenvalue weighted by Gasteiger charge is -1.99. The number of carboxylic acids is 1. The molecular weight excluding hydrogens is 190 g/mol. The molecule has 0 radical (unpaired) electrons. The van der Waals surface area contributed by atoms with Gasteiger partial charge in [-0.2, -0.15) is 0 Å². The van der Waals surface area contributed by atoms with Crippen molar-refractivity contribution in [3.8, 4) is 0 Å². The van der Waals surface area contributed by atoms with Crippen LogP contribution in [0, 0.1) is 4.84 Å². The number of aromatic amines is 1. The highest BCUT2D eigenvalue weighted by Gasteiger charge is 2.00. The molecular formula is C8H4NO3S-. The van der Waals surface area contributed by atoms with Crippen molar-refractivity contribution in [2.75, 3.05) is 0 Å². The number of fused-ring (bicyclic) bond motifs is 1. The van der Waals surface area contributed by atoms with Crippen LogP contribution in [0.2, 0.25) is 0 Å². The zero-order valence-electron chi connectivity index (χ0n) is 6.37. The molecule has 2 rings (SSSR count). The Labute approximate surface area is 77.8 Å². The van der Waals surface area contributed by atoms with Crippen LogP contribution in [0.15, 0.2) is 22.6 Å². The predicted molar refractivity (Wildman–Crippen MR) is 45.7 cm³/mol. The lowest BCUT2D eigenvalue weighted by molar-refractivity contribution is -0.255. The first-order valence-electron chi connectivity index (χ1n) is 3.51. The Morgan fingerprint density at radius 3 is 3.00 bits per heavy atom. The molecule has 0 atom stereocenters. The second-order valence-corrected chi connectivity index (χ2v) is 2.88. The molecule has 0 saturated carbocycles. The maximum Gasteiger partial charge on any atom is 0.266 e. The van der Waals surface area contributed by atoms with E-state index in [0.29, 0.717) is 11.1 Å². The Balaban J connectivity index is 2.74. The number of carbonyl (C=O) groups excluding carboxylic acids is 1. The fraction of sp³-hybridized carbons (Fsp3) is 0. The van der Waals surface area contributed by atoms with Crippen LogP contribution in [0.3, 0.4) is 0 Å². The molecule has 0 fully saturated rings. The van der Waals surface area contributed by atoms with Crippen LogP contribution in [0.4, 0.5) is 0 Å². The molecule has 1 N–H and O–H groups in total. The molecule has 66 valence electrons. The molecule has 0 bridgehead atoms. The van der Waals surface area contributed by atoms with Gasteiger partial charge in [-0.1, -0.05) is 0 Å². The highest BCUT2D eigenvalue weighted by Crippen LogP contribution is 2.14. The summed E-state index contributed by atoms with van der Waals surface area (Å²) in [7, 11) is 0. The third-order valence-corrected chi connectivity index (χ3v) is 1.84. The zero-order valence-corrected chi connectivity index (χ0v) is 7.18. The summed E-state index contributed by atoms with van der Waals surface area (Å²) < 4.78 is 5.05. The highest BCUT2D eigenvalue weighted by atomic mass is 32.1. The monoisotopic (exact) mass is 194 g/mol. The molecule has 1 aromatic heterocycles. The minimum absolute atomic E-state index is 0.0968. The van der Waals surface area contributed by atoms with Crippen molar-refractivity contribution in [3.05, 3.63) is 28.6 Å². The van der Waals surface area contributed by atoms with Crippen molar-refractivity contribution in [2.45, 2.75) is 0 Å². The van der Waals surface area contributed by atoms with Gasteiger partial charge in [0.2, 0.25) is 0 Å². The van der Waals surface area contributed by atoms with E-state index in [4.69, 9.17) is 16.6 Å². The summed E-state index contributed by atoms with van der Waals surface area (Å²) in [5.41, 5.74) is 1.20. The summed E-state index contributed by atoms with van der Waals surface area (Å²) in [6, 6.07) is 4.36. The third kappa shape index (κ3) is 1.33. The van der Waals surface area contributed by atoms with Crippen LogP contribution < -0.4 is 5.11 Å². The van der Waals surface area contributed by atoms with E-state index in [9.17, 15) is 9.90 Å². The minimum atomic E-state index is -1.22. The second-order valence-electron chi connectivity index (χ2n) is 2.51. The van der Waals surface area contributed by atoms with Crippen LogP contribution in [-0.4, -0.2) is 11.0 Å². The summed E-state index contributed by atoms with van der Waals surface area (Å²) in [4.78, 5) is 13.4. The molecule has 0 aliphatic rings. The molecule has 13 heavy (non-hydrogen) atoms. The smallest absolute Gasteiger partial charge is 0.266 e. The fourth-order valence-corrected chi connectivity index (χ4v) is 1.28. The average molecular weight is 194 g/mol. The van der Waals surface area contributed by atoms with Gasteiger partial charge >= 0.3 is 0 Å². The summed E-state index contributed by atoms with van der Waals surface area (Å²) in [6.07, 6.45) is 0. The summed E-state index contributed by atoms with van der Waals surface area (Å²) >= 11 is 4.74. The van der Waals surface area contributed by atoms with Crippen molar-refractivity contribution in [2.24, 2.45) is 0 Å². The summed E-state index contributed by atoms with van der Waals surface area (Å²) in [5.74, 6) is -1.22.